The van der Waals surface area contributed by atoms with E-state index in [0.29, 0.717) is 11.6 Å². The molecule has 154 valence electrons. The fourth-order valence-corrected chi connectivity index (χ4v) is 3.28. The molecular weight excluding hydrogens is 477 g/mol. The summed E-state index contributed by atoms with van der Waals surface area (Å²) in [6, 6.07) is 7.59. The first-order valence-electron chi connectivity index (χ1n) is 9.54. The molecule has 0 amide bonds. The largest absolute Gasteiger partial charge is 0.487 e. The molecule has 1 N–H and O–H groups in total. The normalized spacial score (nSPS) is 16.4. The Balaban J connectivity index is 0.00000364. The minimum absolute atomic E-state index is 0. The quantitative estimate of drug-likeness (QED) is 0.320. The lowest BCUT2D eigenvalue weighted by Gasteiger charge is -2.28. The van der Waals surface area contributed by atoms with Gasteiger partial charge in [-0.3, -0.25) is 4.99 Å². The zero-order valence-corrected chi connectivity index (χ0v) is 19.7. The number of rotatable bonds is 8. The van der Waals surface area contributed by atoms with Gasteiger partial charge in [0.2, 0.25) is 0 Å². The third-order valence-electron chi connectivity index (χ3n) is 4.86. The van der Waals surface area contributed by atoms with Crippen molar-refractivity contribution in [3.8, 4) is 5.75 Å². The van der Waals surface area contributed by atoms with Gasteiger partial charge in [0.25, 0.3) is 0 Å². The van der Waals surface area contributed by atoms with E-state index in [1.807, 2.05) is 31.3 Å². The fourth-order valence-electron chi connectivity index (χ4n) is 3.10. The molecule has 1 aromatic rings. The summed E-state index contributed by atoms with van der Waals surface area (Å²) in [4.78, 5) is 6.60. The molecule has 1 atom stereocenters. The first-order chi connectivity index (χ1) is 12.6. The van der Waals surface area contributed by atoms with Crippen LogP contribution in [0.5, 0.6) is 5.75 Å². The van der Waals surface area contributed by atoms with E-state index in [2.05, 4.69) is 29.2 Å². The molecule has 0 aliphatic carbocycles. The Morgan fingerprint density at radius 2 is 2.07 bits per heavy atom. The predicted octanol–water partition coefficient (Wildman–Crippen LogP) is 4.44. The van der Waals surface area contributed by atoms with E-state index in [1.54, 1.807) is 0 Å². The Hall–Kier alpha value is -0.730. The molecule has 0 bridgehead atoms. The van der Waals surface area contributed by atoms with Crippen molar-refractivity contribution in [3.63, 3.8) is 0 Å². The van der Waals surface area contributed by atoms with Crippen molar-refractivity contribution in [2.75, 3.05) is 40.4 Å². The van der Waals surface area contributed by atoms with Crippen molar-refractivity contribution in [2.45, 2.75) is 38.7 Å². The van der Waals surface area contributed by atoms with Gasteiger partial charge in [0.05, 0.1) is 11.6 Å². The highest BCUT2D eigenvalue weighted by molar-refractivity contribution is 14.0. The highest BCUT2D eigenvalue weighted by Gasteiger charge is 2.16. The number of nitrogens with zero attached hydrogens (tertiary/aromatic N) is 2. The van der Waals surface area contributed by atoms with Gasteiger partial charge in [-0.15, -0.1) is 24.0 Å². The highest BCUT2D eigenvalue weighted by atomic mass is 127. The lowest BCUT2D eigenvalue weighted by molar-refractivity contribution is 0.0625. The average molecular weight is 510 g/mol. The van der Waals surface area contributed by atoms with Crippen LogP contribution in [0.3, 0.4) is 0 Å². The summed E-state index contributed by atoms with van der Waals surface area (Å²) in [5.41, 5.74) is 0. The van der Waals surface area contributed by atoms with E-state index in [-0.39, 0.29) is 30.1 Å². The third kappa shape index (κ3) is 8.44. The average Bonchev–Trinajstić information content (AvgIpc) is 2.68. The Morgan fingerprint density at radius 3 is 2.70 bits per heavy atom. The molecule has 1 heterocycles. The second-order valence-electron chi connectivity index (χ2n) is 6.77. The number of halogens is 2. The predicted molar refractivity (Wildman–Crippen MR) is 124 cm³/mol. The second kappa shape index (κ2) is 13.4. The standard InChI is InChI=1S/C20H32ClN3O2.HI/c1-4-17(26-19-8-6-5-7-18(19)21)15-23-20(22-2)24(3)12-9-16-10-13-25-14-11-16;/h5-8,16-17H,4,9-15H2,1-3H3,(H,22,23);1H. The van der Waals surface area contributed by atoms with Gasteiger partial charge in [0, 0.05) is 33.9 Å². The number of guanidine groups is 1. The van der Waals surface area contributed by atoms with Crippen molar-refractivity contribution >= 4 is 41.5 Å². The number of ether oxygens (including phenoxy) is 2. The molecule has 0 aromatic heterocycles. The fraction of sp³-hybridized carbons (Fsp3) is 0.650. The monoisotopic (exact) mass is 509 g/mol. The molecule has 1 aromatic carbocycles. The molecule has 0 saturated carbocycles. The molecule has 7 heteroatoms. The summed E-state index contributed by atoms with van der Waals surface area (Å²) >= 11 is 6.19. The lowest BCUT2D eigenvalue weighted by atomic mass is 9.96. The first-order valence-corrected chi connectivity index (χ1v) is 9.92. The molecular formula is C20H33ClIN3O2. The molecule has 0 radical (unpaired) electrons. The maximum atomic E-state index is 6.19. The van der Waals surface area contributed by atoms with Gasteiger partial charge in [-0.2, -0.15) is 0 Å². The van der Waals surface area contributed by atoms with Crippen LogP contribution in [0, 0.1) is 5.92 Å². The molecule has 0 spiro atoms. The van der Waals surface area contributed by atoms with Gasteiger partial charge in [-0.1, -0.05) is 30.7 Å². The summed E-state index contributed by atoms with van der Waals surface area (Å²) in [6.45, 7) is 5.60. The van der Waals surface area contributed by atoms with Crippen LogP contribution < -0.4 is 10.1 Å². The topological polar surface area (TPSA) is 46.1 Å². The van der Waals surface area contributed by atoms with Gasteiger partial charge in [0.15, 0.2) is 5.96 Å². The van der Waals surface area contributed by atoms with Gasteiger partial charge in [-0.25, -0.2) is 0 Å². The number of hydrogen-bond acceptors (Lipinski definition) is 3. The summed E-state index contributed by atoms with van der Waals surface area (Å²) in [7, 11) is 3.91. The number of benzene rings is 1. The van der Waals surface area contributed by atoms with Gasteiger partial charge in [0.1, 0.15) is 11.9 Å². The molecule has 1 saturated heterocycles. The van der Waals surface area contributed by atoms with Crippen molar-refractivity contribution in [1.82, 2.24) is 10.2 Å². The van der Waals surface area contributed by atoms with Crippen LogP contribution in [0.15, 0.2) is 29.3 Å². The smallest absolute Gasteiger partial charge is 0.193 e. The van der Waals surface area contributed by atoms with Crippen LogP contribution in [0.25, 0.3) is 0 Å². The lowest BCUT2D eigenvalue weighted by Crippen LogP contribution is -2.44. The number of aliphatic imine (C=N–C) groups is 1. The van der Waals surface area contributed by atoms with E-state index in [4.69, 9.17) is 21.1 Å². The Kier molecular flexibility index (Phi) is 12.1. The molecule has 1 unspecified atom stereocenters. The van der Waals surface area contributed by atoms with Crippen LogP contribution in [-0.2, 0) is 4.74 Å². The summed E-state index contributed by atoms with van der Waals surface area (Å²) < 4.78 is 11.5. The third-order valence-corrected chi connectivity index (χ3v) is 5.17. The zero-order valence-electron chi connectivity index (χ0n) is 16.6. The van der Waals surface area contributed by atoms with Crippen LogP contribution in [0.1, 0.15) is 32.6 Å². The van der Waals surface area contributed by atoms with Gasteiger partial charge in [-0.05, 0) is 43.7 Å². The van der Waals surface area contributed by atoms with Gasteiger partial charge >= 0.3 is 0 Å². The highest BCUT2D eigenvalue weighted by Crippen LogP contribution is 2.24. The molecule has 1 fully saturated rings. The van der Waals surface area contributed by atoms with Crippen molar-refractivity contribution in [3.05, 3.63) is 29.3 Å². The summed E-state index contributed by atoms with van der Waals surface area (Å²) in [6.07, 6.45) is 4.44. The van der Waals surface area contributed by atoms with E-state index in [0.717, 1.165) is 43.8 Å². The van der Waals surface area contributed by atoms with Crippen LogP contribution in [0.2, 0.25) is 5.02 Å². The van der Waals surface area contributed by atoms with E-state index in [9.17, 15) is 0 Å². The Morgan fingerprint density at radius 1 is 1.37 bits per heavy atom. The van der Waals surface area contributed by atoms with Crippen molar-refractivity contribution in [2.24, 2.45) is 10.9 Å². The van der Waals surface area contributed by atoms with E-state index in [1.165, 1.54) is 19.3 Å². The minimum Gasteiger partial charge on any atom is -0.487 e. The summed E-state index contributed by atoms with van der Waals surface area (Å²) in [5.74, 6) is 2.39. The minimum atomic E-state index is 0. The number of para-hydroxylation sites is 1. The first kappa shape index (κ1) is 24.3. The van der Waals surface area contributed by atoms with Crippen LogP contribution in [0.4, 0.5) is 0 Å². The van der Waals surface area contributed by atoms with Gasteiger partial charge < -0.3 is 19.7 Å². The molecule has 1 aliphatic rings. The number of nitrogens with one attached hydrogen (secondary N) is 1. The van der Waals surface area contributed by atoms with E-state index >= 15 is 0 Å². The molecule has 27 heavy (non-hydrogen) atoms. The molecule has 2 rings (SSSR count). The molecule has 1 aliphatic heterocycles. The Labute approximate surface area is 185 Å². The summed E-state index contributed by atoms with van der Waals surface area (Å²) in [5, 5.41) is 4.07. The second-order valence-corrected chi connectivity index (χ2v) is 7.18. The van der Waals surface area contributed by atoms with Crippen molar-refractivity contribution in [1.29, 1.82) is 0 Å². The van der Waals surface area contributed by atoms with E-state index < -0.39 is 0 Å². The SMILES string of the molecule is CCC(CNC(=NC)N(C)CCC1CCOCC1)Oc1ccccc1Cl.I. The van der Waals surface area contributed by atoms with Crippen LogP contribution in [-0.4, -0.2) is 57.4 Å². The maximum absolute atomic E-state index is 6.19. The Bertz CT molecular complexity index is 568. The zero-order chi connectivity index (χ0) is 18.8. The van der Waals surface area contributed by atoms with Crippen LogP contribution >= 0.6 is 35.6 Å². The maximum Gasteiger partial charge on any atom is 0.193 e. The molecule has 5 nitrogen and oxygen atoms in total. The van der Waals surface area contributed by atoms with Crippen molar-refractivity contribution < 1.29 is 9.47 Å². The number of hydrogen-bond donors (Lipinski definition) is 1.